The first-order valence-electron chi connectivity index (χ1n) is 11.0. The molecule has 0 spiro atoms. The van der Waals surface area contributed by atoms with E-state index < -0.39 is 0 Å². The third kappa shape index (κ3) is 3.87. The Morgan fingerprint density at radius 1 is 0.879 bits per heavy atom. The van der Waals surface area contributed by atoms with E-state index >= 15 is 0 Å². The van der Waals surface area contributed by atoms with E-state index in [0.717, 1.165) is 39.0 Å². The van der Waals surface area contributed by atoms with Gasteiger partial charge in [-0.05, 0) is 54.8 Å². The Hall–Kier alpha value is -4.32. The summed E-state index contributed by atoms with van der Waals surface area (Å²) in [5.41, 5.74) is 6.99. The maximum atomic E-state index is 13.0. The molecule has 1 saturated carbocycles. The molecule has 2 aromatic carbocycles. The van der Waals surface area contributed by atoms with E-state index in [1.807, 2.05) is 60.8 Å². The first-order valence-corrected chi connectivity index (χ1v) is 11.0. The van der Waals surface area contributed by atoms with Crippen molar-refractivity contribution in [3.8, 4) is 22.4 Å². The Morgan fingerprint density at radius 3 is 2.70 bits per heavy atom. The number of anilines is 1. The third-order valence-electron chi connectivity index (χ3n) is 5.96. The number of aromatic nitrogens is 4. The van der Waals surface area contributed by atoms with Crippen molar-refractivity contribution in [2.75, 3.05) is 5.32 Å². The molecule has 2 N–H and O–H groups in total. The number of hydrogen-bond acceptors (Lipinski definition) is 4. The van der Waals surface area contributed by atoms with E-state index in [4.69, 9.17) is 0 Å². The summed E-state index contributed by atoms with van der Waals surface area (Å²) in [4.78, 5) is 29.5. The Bertz CT molecular complexity index is 1480. The van der Waals surface area contributed by atoms with Crippen LogP contribution in [0.2, 0.25) is 0 Å². The lowest BCUT2D eigenvalue weighted by Crippen LogP contribution is -2.13. The minimum absolute atomic E-state index is 0.255. The van der Waals surface area contributed by atoms with Crippen molar-refractivity contribution in [2.45, 2.75) is 18.8 Å². The van der Waals surface area contributed by atoms with Crippen molar-refractivity contribution in [1.29, 1.82) is 0 Å². The minimum atomic E-state index is -0.255. The van der Waals surface area contributed by atoms with Crippen LogP contribution in [-0.4, -0.2) is 25.8 Å². The molecule has 5 aromatic rings. The van der Waals surface area contributed by atoms with Crippen molar-refractivity contribution in [3.05, 3.63) is 96.8 Å². The van der Waals surface area contributed by atoms with Gasteiger partial charge in [0.05, 0.1) is 23.2 Å². The maximum Gasteiger partial charge on any atom is 0.274 e. The van der Waals surface area contributed by atoms with Gasteiger partial charge in [0.2, 0.25) is 0 Å². The highest BCUT2D eigenvalue weighted by Gasteiger charge is 2.28. The number of para-hydroxylation sites is 1. The standard InChI is InChI=1S/C27H21N5O/c33-27(32-22-6-3-5-20(13-22)26-25(17-8-9-17)30-16-31-26)24-14-18(10-11-28-24)21-12-19-4-1-2-7-23(19)29-15-21/h1-7,10-17H,8-9H2,(H,30,31)(H,32,33). The molecule has 0 atom stereocenters. The van der Waals surface area contributed by atoms with Gasteiger partial charge in [0, 0.05) is 40.5 Å². The second kappa shape index (κ2) is 7.98. The first-order chi connectivity index (χ1) is 16.2. The average molecular weight is 431 g/mol. The van der Waals surface area contributed by atoms with E-state index in [0.29, 0.717) is 17.3 Å². The fourth-order valence-corrected chi connectivity index (χ4v) is 4.11. The molecule has 3 heterocycles. The molecule has 1 aliphatic rings. The molecular weight excluding hydrogens is 410 g/mol. The Balaban J connectivity index is 1.25. The van der Waals surface area contributed by atoms with Crippen molar-refractivity contribution in [1.82, 2.24) is 19.9 Å². The number of carbonyl (C=O) groups is 1. The fourth-order valence-electron chi connectivity index (χ4n) is 4.11. The number of nitrogens with one attached hydrogen (secondary N) is 2. The SMILES string of the molecule is O=C(Nc1cccc(-c2[nH]cnc2C2CC2)c1)c1cc(-c2cnc3ccccc3c2)ccn1. The molecule has 0 saturated heterocycles. The smallest absolute Gasteiger partial charge is 0.274 e. The van der Waals surface area contributed by atoms with Gasteiger partial charge in [-0.15, -0.1) is 0 Å². The molecule has 1 fully saturated rings. The number of rotatable bonds is 5. The number of fused-ring (bicyclic) bond motifs is 1. The second-order valence-corrected chi connectivity index (χ2v) is 8.32. The van der Waals surface area contributed by atoms with Gasteiger partial charge in [0.25, 0.3) is 5.91 Å². The number of pyridine rings is 2. The van der Waals surface area contributed by atoms with Crippen LogP contribution in [0.5, 0.6) is 0 Å². The largest absolute Gasteiger partial charge is 0.344 e. The lowest BCUT2D eigenvalue weighted by molar-refractivity contribution is 0.102. The van der Waals surface area contributed by atoms with Crippen LogP contribution in [0.1, 0.15) is 34.9 Å². The highest BCUT2D eigenvalue weighted by Crippen LogP contribution is 2.43. The predicted octanol–water partition coefficient (Wildman–Crippen LogP) is 5.82. The zero-order valence-electron chi connectivity index (χ0n) is 17.8. The summed E-state index contributed by atoms with van der Waals surface area (Å²) in [5, 5.41) is 4.04. The van der Waals surface area contributed by atoms with Crippen molar-refractivity contribution in [2.24, 2.45) is 0 Å². The van der Waals surface area contributed by atoms with Crippen LogP contribution in [0.4, 0.5) is 5.69 Å². The van der Waals surface area contributed by atoms with Crippen LogP contribution >= 0.6 is 0 Å². The number of amides is 1. The molecule has 0 unspecified atom stereocenters. The summed E-state index contributed by atoms with van der Waals surface area (Å²) >= 11 is 0. The number of nitrogens with zero attached hydrogens (tertiary/aromatic N) is 3. The minimum Gasteiger partial charge on any atom is -0.344 e. The number of hydrogen-bond donors (Lipinski definition) is 2. The van der Waals surface area contributed by atoms with E-state index in [2.05, 4.69) is 31.3 Å². The Kier molecular flexibility index (Phi) is 4.69. The van der Waals surface area contributed by atoms with Gasteiger partial charge in [-0.1, -0.05) is 30.3 Å². The highest BCUT2D eigenvalue weighted by atomic mass is 16.1. The van der Waals surface area contributed by atoms with Gasteiger partial charge in [0.1, 0.15) is 5.69 Å². The zero-order valence-corrected chi connectivity index (χ0v) is 17.8. The number of H-pyrrole nitrogens is 1. The van der Waals surface area contributed by atoms with Crippen molar-refractivity contribution in [3.63, 3.8) is 0 Å². The van der Waals surface area contributed by atoms with Crippen LogP contribution in [0.3, 0.4) is 0 Å². The highest BCUT2D eigenvalue weighted by molar-refractivity contribution is 6.03. The molecule has 0 aliphatic heterocycles. The summed E-state index contributed by atoms with van der Waals surface area (Å²) in [6, 6.07) is 21.5. The lowest BCUT2D eigenvalue weighted by atomic mass is 10.1. The summed E-state index contributed by atoms with van der Waals surface area (Å²) in [6.45, 7) is 0. The third-order valence-corrected chi connectivity index (χ3v) is 5.96. The van der Waals surface area contributed by atoms with E-state index in [1.54, 1.807) is 18.6 Å². The van der Waals surface area contributed by atoms with Gasteiger partial charge in [-0.2, -0.15) is 0 Å². The van der Waals surface area contributed by atoms with Gasteiger partial charge in [0.15, 0.2) is 0 Å². The number of aromatic amines is 1. The maximum absolute atomic E-state index is 13.0. The topological polar surface area (TPSA) is 83.6 Å². The number of benzene rings is 2. The molecule has 1 amide bonds. The van der Waals surface area contributed by atoms with Crippen LogP contribution in [0.15, 0.2) is 85.5 Å². The quantitative estimate of drug-likeness (QED) is 0.367. The molecule has 6 rings (SSSR count). The zero-order chi connectivity index (χ0) is 22.2. The van der Waals surface area contributed by atoms with Gasteiger partial charge in [-0.25, -0.2) is 4.98 Å². The summed E-state index contributed by atoms with van der Waals surface area (Å²) in [6.07, 6.45) is 7.59. The van der Waals surface area contributed by atoms with E-state index in [-0.39, 0.29) is 5.91 Å². The molecule has 6 heteroatoms. The monoisotopic (exact) mass is 431 g/mol. The molecule has 1 aliphatic carbocycles. The van der Waals surface area contributed by atoms with Crippen molar-refractivity contribution >= 4 is 22.5 Å². The van der Waals surface area contributed by atoms with Crippen LogP contribution < -0.4 is 5.32 Å². The van der Waals surface area contributed by atoms with Gasteiger partial charge in [-0.3, -0.25) is 14.8 Å². The van der Waals surface area contributed by atoms with Gasteiger partial charge >= 0.3 is 0 Å². The van der Waals surface area contributed by atoms with Gasteiger partial charge < -0.3 is 10.3 Å². The Morgan fingerprint density at radius 2 is 1.79 bits per heavy atom. The second-order valence-electron chi connectivity index (χ2n) is 8.32. The van der Waals surface area contributed by atoms with E-state index in [1.165, 1.54) is 12.8 Å². The van der Waals surface area contributed by atoms with Crippen LogP contribution in [-0.2, 0) is 0 Å². The first kappa shape index (κ1) is 19.4. The van der Waals surface area contributed by atoms with Crippen LogP contribution in [0.25, 0.3) is 33.3 Å². The summed E-state index contributed by atoms with van der Waals surface area (Å²) in [5.74, 6) is 0.288. The van der Waals surface area contributed by atoms with Crippen LogP contribution in [0, 0.1) is 0 Å². The van der Waals surface area contributed by atoms with E-state index in [9.17, 15) is 4.79 Å². The molecule has 0 bridgehead atoms. The molecule has 0 radical (unpaired) electrons. The molecule has 33 heavy (non-hydrogen) atoms. The summed E-state index contributed by atoms with van der Waals surface area (Å²) < 4.78 is 0. The lowest BCUT2D eigenvalue weighted by Gasteiger charge is -2.09. The average Bonchev–Trinajstić information content (AvgIpc) is 3.59. The molecule has 3 aromatic heterocycles. The predicted molar refractivity (Wildman–Crippen MR) is 129 cm³/mol. The fraction of sp³-hybridized carbons (Fsp3) is 0.111. The molecule has 6 nitrogen and oxygen atoms in total. The molecular formula is C27H21N5O. The van der Waals surface area contributed by atoms with Crippen molar-refractivity contribution < 1.29 is 4.79 Å². The number of carbonyl (C=O) groups excluding carboxylic acids is 1. The number of imidazole rings is 1. The Labute approximate surface area is 190 Å². The normalized spacial score (nSPS) is 13.2. The molecule has 160 valence electrons. The summed E-state index contributed by atoms with van der Waals surface area (Å²) in [7, 11) is 0.